The van der Waals surface area contributed by atoms with Gasteiger partial charge in [0.15, 0.2) is 5.13 Å². The smallest absolute Gasteiger partial charge is 0.335 e. The van der Waals surface area contributed by atoms with E-state index in [2.05, 4.69) is 15.2 Å². The number of carboxylic acids is 1. The average Bonchev–Trinajstić information content (AvgIpc) is 3.77. The summed E-state index contributed by atoms with van der Waals surface area (Å²) in [6.45, 7) is 1.25. The zero-order chi connectivity index (χ0) is 27.8. The summed E-state index contributed by atoms with van der Waals surface area (Å²) in [4.78, 5) is 19.0. The van der Waals surface area contributed by atoms with E-state index in [4.69, 9.17) is 37.7 Å². The number of carbonyl (C=O) groups is 1. The minimum absolute atomic E-state index is 0.120. The van der Waals surface area contributed by atoms with Gasteiger partial charge in [-0.2, -0.15) is 0 Å². The monoisotopic (exact) mass is 611 g/mol. The highest BCUT2D eigenvalue weighted by Crippen LogP contribution is 2.47. The highest BCUT2D eigenvalue weighted by Gasteiger charge is 2.46. The van der Waals surface area contributed by atoms with Crippen LogP contribution in [0.2, 0.25) is 10.0 Å². The fraction of sp³-hybridized carbons (Fsp3) is 0.448. The zero-order valence-electron chi connectivity index (χ0n) is 22.0. The summed E-state index contributed by atoms with van der Waals surface area (Å²) in [6.07, 6.45) is 6.43. The Bertz CT molecular complexity index is 1660. The topological polar surface area (TPSA) is 103 Å². The van der Waals surface area contributed by atoms with Crippen molar-refractivity contribution in [2.24, 2.45) is 5.92 Å². The van der Waals surface area contributed by atoms with Crippen molar-refractivity contribution < 1.29 is 19.4 Å². The number of ether oxygens (including phenoxy) is 2. The summed E-state index contributed by atoms with van der Waals surface area (Å²) in [7, 11) is 0. The Morgan fingerprint density at radius 2 is 1.93 bits per heavy atom. The Labute approximate surface area is 250 Å². The van der Waals surface area contributed by atoms with Gasteiger partial charge in [0.25, 0.3) is 0 Å². The molecule has 4 aromatic rings. The van der Waals surface area contributed by atoms with Gasteiger partial charge in [0, 0.05) is 24.4 Å². The van der Waals surface area contributed by atoms with E-state index in [0.717, 1.165) is 71.8 Å². The molecule has 9 nitrogen and oxygen atoms in total. The normalized spacial score (nSPS) is 23.6. The Kier molecular flexibility index (Phi) is 6.18. The van der Waals surface area contributed by atoms with E-state index in [9.17, 15) is 9.90 Å². The van der Waals surface area contributed by atoms with Crippen LogP contribution in [-0.4, -0.2) is 55.8 Å². The summed E-state index contributed by atoms with van der Waals surface area (Å²) in [6, 6.07) is 9.07. The van der Waals surface area contributed by atoms with Crippen molar-refractivity contribution in [3.05, 3.63) is 57.3 Å². The molecule has 3 aliphatic carbocycles. The largest absolute Gasteiger partial charge is 0.488 e. The molecule has 2 aromatic carbocycles. The lowest BCUT2D eigenvalue weighted by atomic mass is 10.1. The molecule has 4 aliphatic rings. The van der Waals surface area contributed by atoms with E-state index in [-0.39, 0.29) is 17.8 Å². The summed E-state index contributed by atoms with van der Waals surface area (Å²) >= 11 is 14.6. The van der Waals surface area contributed by atoms with E-state index in [1.54, 1.807) is 28.2 Å². The fourth-order valence-electron chi connectivity index (χ4n) is 6.21. The van der Waals surface area contributed by atoms with Crippen molar-refractivity contribution in [1.82, 2.24) is 20.0 Å². The van der Waals surface area contributed by atoms with Crippen LogP contribution in [0.25, 0.3) is 15.9 Å². The number of aromatic nitrogens is 4. The van der Waals surface area contributed by atoms with Gasteiger partial charge in [-0.05, 0) is 62.8 Å². The van der Waals surface area contributed by atoms with Crippen molar-refractivity contribution in [1.29, 1.82) is 0 Å². The molecule has 1 saturated heterocycles. The van der Waals surface area contributed by atoms with Crippen LogP contribution in [0.4, 0.5) is 5.13 Å². The number of halogens is 2. The molecule has 4 fully saturated rings. The second kappa shape index (κ2) is 9.83. The van der Waals surface area contributed by atoms with Crippen LogP contribution in [0, 0.1) is 5.92 Å². The van der Waals surface area contributed by atoms with Crippen molar-refractivity contribution in [3.63, 3.8) is 0 Å². The van der Waals surface area contributed by atoms with E-state index in [1.807, 2.05) is 18.2 Å². The molecule has 2 aromatic heterocycles. The predicted molar refractivity (Wildman–Crippen MR) is 156 cm³/mol. The molecule has 1 aliphatic heterocycles. The average molecular weight is 613 g/mol. The van der Waals surface area contributed by atoms with E-state index in [0.29, 0.717) is 46.0 Å². The van der Waals surface area contributed by atoms with Crippen LogP contribution >= 0.6 is 34.5 Å². The zero-order valence-corrected chi connectivity index (χ0v) is 24.3. The quantitative estimate of drug-likeness (QED) is 0.229. The molecule has 3 heterocycles. The molecule has 8 rings (SSSR count). The lowest BCUT2D eigenvalue weighted by Crippen LogP contribution is -2.38. The standard InChI is InChI=1S/C29H27Cl2N5O4S/c30-19-2-1-3-20(31)27(19)36-21(25(33-34-36)14-4-5-14)13-39-22-11-17-8-16(22)12-35(17)29-32-26-23(40-18-6-7-18)9-15(28(37)38)10-24(26)41-29/h1-3,9-10,14,16-18,22H,4-8,11-13H2,(H,37,38)/t16-,17-,22+/m0/s1. The number of piperidine rings is 1. The molecule has 0 amide bonds. The van der Waals surface area contributed by atoms with E-state index in [1.165, 1.54) is 0 Å². The number of carboxylic acid groups (broad SMARTS) is 1. The molecule has 2 bridgehead atoms. The lowest BCUT2D eigenvalue weighted by molar-refractivity contribution is 0.00991. The number of benzene rings is 2. The van der Waals surface area contributed by atoms with Crippen molar-refractivity contribution >= 4 is 55.9 Å². The number of rotatable bonds is 9. The maximum absolute atomic E-state index is 11.7. The molecular formula is C29H27Cl2N5O4S. The minimum Gasteiger partial charge on any atom is -0.488 e. The second-order valence-electron chi connectivity index (χ2n) is 11.5. The number of para-hydroxylation sites is 1. The molecule has 3 atom stereocenters. The third-order valence-corrected chi connectivity index (χ3v) is 10.2. The summed E-state index contributed by atoms with van der Waals surface area (Å²) in [5, 5.41) is 20.5. The molecule has 3 saturated carbocycles. The van der Waals surface area contributed by atoms with Crippen molar-refractivity contribution in [2.45, 2.75) is 69.3 Å². The predicted octanol–water partition coefficient (Wildman–Crippen LogP) is 6.48. The van der Waals surface area contributed by atoms with Crippen LogP contribution in [0.1, 0.15) is 66.2 Å². The maximum Gasteiger partial charge on any atom is 0.335 e. The minimum atomic E-state index is -0.957. The van der Waals surface area contributed by atoms with Gasteiger partial charge in [0.05, 0.1) is 50.5 Å². The molecular weight excluding hydrogens is 585 g/mol. The van der Waals surface area contributed by atoms with Crippen molar-refractivity contribution in [3.8, 4) is 11.4 Å². The molecule has 41 heavy (non-hydrogen) atoms. The molecule has 1 N–H and O–H groups in total. The van der Waals surface area contributed by atoms with Gasteiger partial charge < -0.3 is 19.5 Å². The fourth-order valence-corrected chi connectivity index (χ4v) is 7.87. The number of hydrogen-bond donors (Lipinski definition) is 1. The van der Waals surface area contributed by atoms with Gasteiger partial charge in [-0.15, -0.1) is 5.10 Å². The van der Waals surface area contributed by atoms with E-state index < -0.39 is 5.97 Å². The van der Waals surface area contributed by atoms with Crippen LogP contribution < -0.4 is 9.64 Å². The van der Waals surface area contributed by atoms with Crippen LogP contribution in [0.15, 0.2) is 30.3 Å². The highest BCUT2D eigenvalue weighted by molar-refractivity contribution is 7.22. The Morgan fingerprint density at radius 3 is 2.61 bits per heavy atom. The van der Waals surface area contributed by atoms with Gasteiger partial charge in [-0.3, -0.25) is 0 Å². The third kappa shape index (κ3) is 4.65. The van der Waals surface area contributed by atoms with Gasteiger partial charge >= 0.3 is 5.97 Å². The Balaban J connectivity index is 1.01. The lowest BCUT2D eigenvalue weighted by Gasteiger charge is -2.31. The number of thiazole rings is 1. The molecule has 12 heteroatoms. The molecule has 0 radical (unpaired) electrons. The number of aromatic carboxylic acids is 1. The Hall–Kier alpha value is -2.92. The van der Waals surface area contributed by atoms with Crippen LogP contribution in [0.5, 0.6) is 5.75 Å². The highest BCUT2D eigenvalue weighted by atomic mass is 35.5. The Morgan fingerprint density at radius 1 is 1.12 bits per heavy atom. The van der Waals surface area contributed by atoms with Crippen molar-refractivity contribution in [2.75, 3.05) is 11.4 Å². The van der Waals surface area contributed by atoms with E-state index >= 15 is 0 Å². The van der Waals surface area contributed by atoms with Gasteiger partial charge in [0.2, 0.25) is 0 Å². The first kappa shape index (κ1) is 25.8. The van der Waals surface area contributed by atoms with Gasteiger partial charge in [-0.1, -0.05) is 45.8 Å². The first-order valence-corrected chi connectivity index (χ1v) is 15.6. The maximum atomic E-state index is 11.7. The number of hydrogen-bond acceptors (Lipinski definition) is 8. The SMILES string of the molecule is O=C(O)c1cc(OC2CC2)c2nc(N3C[C@@H]4C[C@H]3C[C@H]4OCc3c(C4CC4)nnn3-c3c(Cl)cccc3Cl)sc2c1. The third-order valence-electron chi connectivity index (χ3n) is 8.58. The number of fused-ring (bicyclic) bond motifs is 3. The first-order chi connectivity index (χ1) is 19.9. The van der Waals surface area contributed by atoms with Gasteiger partial charge in [0.1, 0.15) is 17.0 Å². The van der Waals surface area contributed by atoms with Crippen LogP contribution in [-0.2, 0) is 11.3 Å². The first-order valence-electron chi connectivity index (χ1n) is 14.0. The van der Waals surface area contributed by atoms with Gasteiger partial charge in [-0.25, -0.2) is 14.5 Å². The molecule has 212 valence electrons. The molecule has 0 unspecified atom stereocenters. The number of nitrogens with zero attached hydrogens (tertiary/aromatic N) is 5. The van der Waals surface area contributed by atoms with Crippen LogP contribution in [0.3, 0.4) is 0 Å². The second-order valence-corrected chi connectivity index (χ2v) is 13.3. The summed E-state index contributed by atoms with van der Waals surface area (Å²) < 4.78 is 15.2. The summed E-state index contributed by atoms with van der Waals surface area (Å²) in [5.74, 6) is 0.404. The summed E-state index contributed by atoms with van der Waals surface area (Å²) in [5.41, 5.74) is 3.53. The molecule has 0 spiro atoms. The number of anilines is 1.